The van der Waals surface area contributed by atoms with Crippen molar-refractivity contribution in [2.75, 3.05) is 12.8 Å². The number of amides is 2. The first-order valence-corrected chi connectivity index (χ1v) is 12.4. The molecule has 2 bridgehead atoms. The van der Waals surface area contributed by atoms with Gasteiger partial charge in [0.05, 0.1) is 17.5 Å². The highest BCUT2D eigenvalue weighted by molar-refractivity contribution is 6.00. The molecule has 2 fully saturated rings. The number of aromatic amines is 1. The Morgan fingerprint density at radius 3 is 2.47 bits per heavy atom. The normalized spacial score (nSPS) is 20.6. The number of carbonyl (C=O) groups is 3. The lowest BCUT2D eigenvalue weighted by Crippen LogP contribution is -2.46. The highest BCUT2D eigenvalue weighted by atomic mass is 16.2. The standard InChI is InChI=1S/C25H26N10O3/c1-12(36)19-20(14-7-15-4-5-16(8-14)34(15)25(38)22-29-11-30-33-22)32-23-17(10-31-35(23)21(19)26)13-3-6-18(28-9-13)24(37)27-2/h3,6,9-11,14-16H,4-5,7-8,26H2,1-2H3,(H,27,37)(H,29,30,33)/t14?,15-,16+. The Labute approximate surface area is 216 Å². The minimum atomic E-state index is -0.282. The van der Waals surface area contributed by atoms with Crippen molar-refractivity contribution in [2.24, 2.45) is 0 Å². The zero-order chi connectivity index (χ0) is 26.6. The first kappa shape index (κ1) is 23.7. The Bertz CT molecular complexity index is 1550. The molecule has 38 heavy (non-hydrogen) atoms. The van der Waals surface area contributed by atoms with E-state index in [1.807, 2.05) is 4.90 Å². The highest BCUT2D eigenvalue weighted by Crippen LogP contribution is 2.45. The van der Waals surface area contributed by atoms with Crippen molar-refractivity contribution in [2.45, 2.75) is 50.6 Å². The Morgan fingerprint density at radius 1 is 1.11 bits per heavy atom. The second-order valence-corrected chi connectivity index (χ2v) is 9.72. The molecule has 6 rings (SSSR count). The molecule has 2 amide bonds. The van der Waals surface area contributed by atoms with Crippen LogP contribution in [0.1, 0.15) is 75.7 Å². The molecular formula is C25H26N10O3. The average Bonchev–Trinajstić information content (AvgIpc) is 3.66. The number of ketones is 1. The van der Waals surface area contributed by atoms with E-state index in [4.69, 9.17) is 10.7 Å². The van der Waals surface area contributed by atoms with E-state index >= 15 is 0 Å². The molecule has 2 saturated heterocycles. The summed E-state index contributed by atoms with van der Waals surface area (Å²) in [5.74, 6) is -0.231. The molecule has 0 saturated carbocycles. The average molecular weight is 515 g/mol. The number of H-pyrrole nitrogens is 1. The Kier molecular flexibility index (Phi) is 5.62. The van der Waals surface area contributed by atoms with Crippen LogP contribution in [0.3, 0.4) is 0 Å². The number of nitrogens with zero attached hydrogens (tertiary/aromatic N) is 7. The van der Waals surface area contributed by atoms with Crippen molar-refractivity contribution in [1.82, 2.24) is 45.0 Å². The van der Waals surface area contributed by atoms with E-state index in [0.29, 0.717) is 46.6 Å². The molecule has 13 nitrogen and oxygen atoms in total. The maximum atomic E-state index is 13.1. The molecule has 4 aromatic heterocycles. The van der Waals surface area contributed by atoms with Gasteiger partial charge in [-0.3, -0.25) is 24.5 Å². The topological polar surface area (TPSA) is 177 Å². The van der Waals surface area contributed by atoms with Crippen LogP contribution in [-0.4, -0.2) is 76.4 Å². The number of nitrogens with one attached hydrogen (secondary N) is 2. The van der Waals surface area contributed by atoms with E-state index in [2.05, 4.69) is 30.6 Å². The monoisotopic (exact) mass is 514 g/mol. The van der Waals surface area contributed by atoms with E-state index < -0.39 is 0 Å². The van der Waals surface area contributed by atoms with Gasteiger partial charge in [0, 0.05) is 42.4 Å². The summed E-state index contributed by atoms with van der Waals surface area (Å²) in [7, 11) is 1.55. The summed E-state index contributed by atoms with van der Waals surface area (Å²) in [6.45, 7) is 1.48. The molecule has 0 aromatic carbocycles. The molecule has 0 aliphatic carbocycles. The number of fused-ring (bicyclic) bond motifs is 3. The van der Waals surface area contributed by atoms with Gasteiger partial charge in [-0.15, -0.1) is 0 Å². The minimum Gasteiger partial charge on any atom is -0.383 e. The van der Waals surface area contributed by atoms with Crippen molar-refractivity contribution in [1.29, 1.82) is 0 Å². The van der Waals surface area contributed by atoms with Gasteiger partial charge in [0.25, 0.3) is 11.8 Å². The van der Waals surface area contributed by atoms with Crippen molar-refractivity contribution in [3.63, 3.8) is 0 Å². The van der Waals surface area contributed by atoms with Crippen LogP contribution in [-0.2, 0) is 0 Å². The van der Waals surface area contributed by atoms with Crippen LogP contribution in [0.25, 0.3) is 16.8 Å². The van der Waals surface area contributed by atoms with Gasteiger partial charge >= 0.3 is 0 Å². The second-order valence-electron chi connectivity index (χ2n) is 9.72. The van der Waals surface area contributed by atoms with Gasteiger partial charge in [0.15, 0.2) is 11.4 Å². The number of carbonyl (C=O) groups excluding carboxylic acids is 3. The van der Waals surface area contributed by atoms with Gasteiger partial charge in [0.2, 0.25) is 5.82 Å². The highest BCUT2D eigenvalue weighted by Gasteiger charge is 2.45. The third-order valence-electron chi connectivity index (χ3n) is 7.57. The van der Waals surface area contributed by atoms with E-state index in [-0.39, 0.29) is 47.2 Å². The fraction of sp³-hybridized carbons (Fsp3) is 0.360. The molecule has 6 heterocycles. The minimum absolute atomic E-state index is 0.00115. The summed E-state index contributed by atoms with van der Waals surface area (Å²) in [4.78, 5) is 52.9. The first-order chi connectivity index (χ1) is 18.4. The van der Waals surface area contributed by atoms with Crippen molar-refractivity contribution >= 4 is 29.1 Å². The van der Waals surface area contributed by atoms with E-state index in [1.54, 1.807) is 31.6 Å². The van der Waals surface area contributed by atoms with Gasteiger partial charge < -0.3 is 16.0 Å². The smallest absolute Gasteiger partial charge is 0.291 e. The largest absolute Gasteiger partial charge is 0.383 e. The number of pyridine rings is 1. The predicted molar refractivity (Wildman–Crippen MR) is 135 cm³/mol. The van der Waals surface area contributed by atoms with Crippen LogP contribution in [0.5, 0.6) is 0 Å². The van der Waals surface area contributed by atoms with Gasteiger partial charge in [-0.1, -0.05) is 6.07 Å². The molecule has 194 valence electrons. The van der Waals surface area contributed by atoms with Crippen LogP contribution in [0.15, 0.2) is 30.9 Å². The number of hydrogen-bond donors (Lipinski definition) is 3. The molecule has 0 radical (unpaired) electrons. The Balaban J connectivity index is 1.39. The molecule has 1 unspecified atom stereocenters. The summed E-state index contributed by atoms with van der Waals surface area (Å²) in [6.07, 6.45) is 7.60. The number of Topliss-reactive ketones (excluding diaryl/α,β-unsaturated/α-hetero) is 1. The SMILES string of the molecule is CNC(=O)c1ccc(-c2cnn3c(N)c(C(C)=O)c(C4C[C@H]5CC[C@@H](C4)N5C(=O)c4ncn[nH]4)nc23)cn1. The summed E-state index contributed by atoms with van der Waals surface area (Å²) >= 11 is 0. The van der Waals surface area contributed by atoms with E-state index in [0.717, 1.165) is 12.8 Å². The zero-order valence-electron chi connectivity index (χ0n) is 20.9. The Hall–Kier alpha value is -4.68. The number of hydrogen-bond acceptors (Lipinski definition) is 9. The van der Waals surface area contributed by atoms with Crippen LogP contribution in [0.2, 0.25) is 0 Å². The number of nitrogen functional groups attached to an aromatic ring is 1. The van der Waals surface area contributed by atoms with E-state index in [1.165, 1.54) is 17.8 Å². The lowest BCUT2D eigenvalue weighted by Gasteiger charge is -2.38. The molecule has 4 aromatic rings. The number of piperidine rings is 1. The van der Waals surface area contributed by atoms with Crippen molar-refractivity contribution in [3.05, 3.63) is 53.6 Å². The predicted octanol–water partition coefficient (Wildman–Crippen LogP) is 1.60. The summed E-state index contributed by atoms with van der Waals surface area (Å²) in [5, 5.41) is 13.4. The lowest BCUT2D eigenvalue weighted by molar-refractivity contribution is 0.0556. The van der Waals surface area contributed by atoms with Gasteiger partial charge in [-0.25, -0.2) is 9.97 Å². The maximum Gasteiger partial charge on any atom is 0.291 e. The van der Waals surface area contributed by atoms with Gasteiger partial charge in [-0.2, -0.15) is 14.7 Å². The molecule has 3 atom stereocenters. The molecule has 4 N–H and O–H groups in total. The second kappa shape index (κ2) is 9.01. The van der Waals surface area contributed by atoms with Crippen molar-refractivity contribution < 1.29 is 14.4 Å². The molecular weight excluding hydrogens is 488 g/mol. The maximum absolute atomic E-state index is 13.1. The van der Waals surface area contributed by atoms with Crippen LogP contribution in [0.4, 0.5) is 5.82 Å². The molecule has 2 aliphatic heterocycles. The lowest BCUT2D eigenvalue weighted by atomic mass is 9.85. The van der Waals surface area contributed by atoms with Crippen LogP contribution in [0, 0.1) is 0 Å². The third-order valence-corrected chi connectivity index (χ3v) is 7.57. The van der Waals surface area contributed by atoms with E-state index in [9.17, 15) is 14.4 Å². The van der Waals surface area contributed by atoms with Crippen LogP contribution < -0.4 is 11.1 Å². The number of aromatic nitrogens is 7. The zero-order valence-corrected chi connectivity index (χ0v) is 20.9. The number of nitrogens with two attached hydrogens (primary N) is 1. The fourth-order valence-corrected chi connectivity index (χ4v) is 5.87. The summed E-state index contributed by atoms with van der Waals surface area (Å²) in [6, 6.07) is 3.41. The van der Waals surface area contributed by atoms with Gasteiger partial charge in [-0.05, 0) is 38.7 Å². The first-order valence-electron chi connectivity index (χ1n) is 12.4. The van der Waals surface area contributed by atoms with Gasteiger partial charge in [0.1, 0.15) is 17.8 Å². The molecule has 2 aliphatic rings. The molecule has 0 spiro atoms. The van der Waals surface area contributed by atoms with Crippen molar-refractivity contribution in [3.8, 4) is 11.1 Å². The number of anilines is 1. The fourth-order valence-electron chi connectivity index (χ4n) is 5.87. The molecule has 13 heteroatoms. The van der Waals surface area contributed by atoms with Crippen LogP contribution >= 0.6 is 0 Å². The Morgan fingerprint density at radius 2 is 1.87 bits per heavy atom. The summed E-state index contributed by atoms with van der Waals surface area (Å²) in [5.41, 5.74) is 9.70. The number of rotatable bonds is 5. The summed E-state index contributed by atoms with van der Waals surface area (Å²) < 4.78 is 1.47. The third kappa shape index (κ3) is 3.69. The quantitative estimate of drug-likeness (QED) is 0.334.